The molecule has 0 fully saturated rings. The lowest BCUT2D eigenvalue weighted by Gasteiger charge is -2.16. The van der Waals surface area contributed by atoms with Crippen molar-refractivity contribution in [1.82, 2.24) is 9.55 Å². The minimum Gasteiger partial charge on any atom is -0.509 e. The third-order valence-corrected chi connectivity index (χ3v) is 3.60. The highest BCUT2D eigenvalue weighted by molar-refractivity contribution is 7.75. The molecule has 0 saturated carbocycles. The lowest BCUT2D eigenvalue weighted by atomic mass is 10.0. The molecule has 8 heteroatoms. The number of thiol groups is 1. The van der Waals surface area contributed by atoms with E-state index in [4.69, 9.17) is 8.92 Å². The molecule has 1 unspecified atom stereocenters. The van der Waals surface area contributed by atoms with Crippen LogP contribution in [0.15, 0.2) is 21.5 Å². The molecule has 2 N–H and O–H groups in total. The molecule has 0 spiro atoms. The van der Waals surface area contributed by atoms with E-state index >= 15 is 0 Å². The van der Waals surface area contributed by atoms with E-state index in [1.807, 2.05) is 0 Å². The molecular weight excluding hydrogens is 284 g/mol. The molecule has 1 aliphatic carbocycles. The van der Waals surface area contributed by atoms with Crippen molar-refractivity contribution in [3.63, 3.8) is 0 Å². The number of nitrogens with zero attached hydrogens (tertiary/aromatic N) is 1. The van der Waals surface area contributed by atoms with Gasteiger partial charge in [-0.25, -0.2) is 4.79 Å². The van der Waals surface area contributed by atoms with Gasteiger partial charge >= 0.3 is 5.69 Å². The van der Waals surface area contributed by atoms with E-state index in [1.54, 1.807) is 0 Å². The quantitative estimate of drug-likeness (QED) is 0.547. The van der Waals surface area contributed by atoms with Crippen LogP contribution in [0.1, 0.15) is 12.0 Å². The predicted octanol–water partition coefficient (Wildman–Crippen LogP) is 0.239. The largest absolute Gasteiger partial charge is 0.509 e. The van der Waals surface area contributed by atoms with Gasteiger partial charge in [0.05, 0.1) is 12.2 Å². The van der Waals surface area contributed by atoms with E-state index in [-0.39, 0.29) is 23.8 Å². The van der Waals surface area contributed by atoms with Gasteiger partial charge in [-0.05, 0) is 19.3 Å². The Bertz CT molecular complexity index is 648. The van der Waals surface area contributed by atoms with Crippen LogP contribution in [-0.2, 0) is 16.0 Å². The molecule has 1 aromatic rings. The Morgan fingerprint density at radius 2 is 2.25 bits per heavy atom. The number of hydrogen-bond donors (Lipinski definition) is 3. The van der Waals surface area contributed by atoms with Gasteiger partial charge in [0, 0.05) is 31.8 Å². The van der Waals surface area contributed by atoms with Crippen LogP contribution in [0.4, 0.5) is 0 Å². The molecule has 20 heavy (non-hydrogen) atoms. The third kappa shape index (κ3) is 2.54. The summed E-state index contributed by atoms with van der Waals surface area (Å²) in [7, 11) is 3.00. The van der Waals surface area contributed by atoms with Crippen LogP contribution < -0.4 is 11.2 Å². The van der Waals surface area contributed by atoms with Crippen LogP contribution in [-0.4, -0.2) is 34.5 Å². The van der Waals surface area contributed by atoms with Crippen molar-refractivity contribution in [3.8, 4) is 0 Å². The number of aliphatic hydroxyl groups is 1. The van der Waals surface area contributed by atoms with Crippen LogP contribution in [0, 0.1) is 5.92 Å². The number of aromatic nitrogens is 2. The van der Waals surface area contributed by atoms with Gasteiger partial charge in [-0.2, -0.15) is 0 Å². The fraction of sp³-hybridized carbons (Fsp3) is 0.500. The molecule has 1 aromatic heterocycles. The minimum absolute atomic E-state index is 0.00738. The first-order chi connectivity index (χ1) is 9.49. The number of aryl methyl sites for hydroxylation is 1. The Balaban J connectivity index is 2.47. The Labute approximate surface area is 120 Å². The van der Waals surface area contributed by atoms with Crippen molar-refractivity contribution in [2.75, 3.05) is 13.7 Å². The number of rotatable bonds is 4. The van der Waals surface area contributed by atoms with Gasteiger partial charge in [0.15, 0.2) is 0 Å². The predicted molar refractivity (Wildman–Crippen MR) is 75.7 cm³/mol. The summed E-state index contributed by atoms with van der Waals surface area (Å²) in [5.74, 6) is -0.142. The fourth-order valence-corrected chi connectivity index (χ4v) is 2.63. The van der Waals surface area contributed by atoms with Crippen LogP contribution in [0.5, 0.6) is 0 Å². The number of allylic oxidation sites excluding steroid dienone is 1. The number of nitrogens with one attached hydrogen (secondary N) is 1. The first kappa shape index (κ1) is 14.9. The maximum Gasteiger partial charge on any atom is 0.328 e. The van der Waals surface area contributed by atoms with E-state index in [9.17, 15) is 14.7 Å². The van der Waals surface area contributed by atoms with Gasteiger partial charge in [0.2, 0.25) is 0 Å². The zero-order chi connectivity index (χ0) is 14.9. The molecule has 0 aliphatic heterocycles. The highest BCUT2D eigenvalue weighted by Gasteiger charge is 2.36. The normalized spacial score (nSPS) is 22.6. The number of H-pyrrole nitrogens is 1. The van der Waals surface area contributed by atoms with Crippen molar-refractivity contribution in [2.45, 2.75) is 12.5 Å². The lowest BCUT2D eigenvalue weighted by Crippen LogP contribution is -2.29. The Hall–Kier alpha value is -1.51. The SMILES string of the molecule is COC1C(O)=C(c2cn(C)c(=O)[nH]c2=O)C[C@@H]1COS. The summed E-state index contributed by atoms with van der Waals surface area (Å²) in [6.45, 7) is 0.277. The molecule has 0 radical (unpaired) electrons. The topological polar surface area (TPSA) is 93.5 Å². The van der Waals surface area contributed by atoms with Crippen LogP contribution in [0.25, 0.3) is 5.57 Å². The number of hydrogen-bond acceptors (Lipinski definition) is 6. The van der Waals surface area contributed by atoms with E-state index in [0.717, 1.165) is 0 Å². The Morgan fingerprint density at radius 1 is 1.55 bits per heavy atom. The first-order valence-corrected chi connectivity index (χ1v) is 6.37. The average Bonchev–Trinajstić information content (AvgIpc) is 2.71. The summed E-state index contributed by atoms with van der Waals surface area (Å²) in [6.07, 6.45) is 1.27. The molecule has 0 amide bonds. The van der Waals surface area contributed by atoms with E-state index in [1.165, 1.54) is 24.9 Å². The summed E-state index contributed by atoms with van der Waals surface area (Å²) in [5.41, 5.74) is -0.315. The summed E-state index contributed by atoms with van der Waals surface area (Å²) in [6, 6.07) is 0. The standard InChI is InChI=1S/C12H16N2O5S/c1-14-4-8(11(16)13-12(14)17)7-3-6(5-19-20)10(18-2)9(7)15/h4,6,10,15,20H,3,5H2,1-2H3,(H,13,16,17)/t6-,10?/m1/s1. The number of ether oxygens (including phenoxy) is 1. The molecule has 110 valence electrons. The van der Waals surface area contributed by atoms with Crippen molar-refractivity contribution >= 4 is 18.5 Å². The van der Waals surface area contributed by atoms with Gasteiger partial charge in [-0.1, -0.05) is 0 Å². The molecule has 1 aliphatic rings. The zero-order valence-electron chi connectivity index (χ0n) is 11.1. The summed E-state index contributed by atoms with van der Waals surface area (Å²) < 4.78 is 11.3. The maximum atomic E-state index is 11.9. The molecular formula is C12H16N2O5S. The molecule has 2 atom stereocenters. The number of methoxy groups -OCH3 is 1. The third-order valence-electron chi connectivity index (χ3n) is 3.45. The first-order valence-electron chi connectivity index (χ1n) is 6.01. The van der Waals surface area contributed by atoms with Crippen molar-refractivity contribution in [1.29, 1.82) is 0 Å². The second kappa shape index (κ2) is 5.86. The number of aliphatic hydroxyl groups excluding tert-OH is 1. The fourth-order valence-electron chi connectivity index (χ4n) is 2.44. The van der Waals surface area contributed by atoms with Crippen molar-refractivity contribution < 1.29 is 14.0 Å². The van der Waals surface area contributed by atoms with Gasteiger partial charge < -0.3 is 18.6 Å². The van der Waals surface area contributed by atoms with Crippen LogP contribution in [0.3, 0.4) is 0 Å². The van der Waals surface area contributed by atoms with Crippen LogP contribution in [0.2, 0.25) is 0 Å². The smallest absolute Gasteiger partial charge is 0.328 e. The van der Waals surface area contributed by atoms with Crippen molar-refractivity contribution in [3.05, 3.63) is 38.4 Å². The van der Waals surface area contributed by atoms with Gasteiger partial charge in [0.25, 0.3) is 5.56 Å². The molecule has 2 rings (SSSR count). The van der Waals surface area contributed by atoms with E-state index < -0.39 is 17.4 Å². The Kier molecular flexibility index (Phi) is 4.36. The highest BCUT2D eigenvalue weighted by atomic mass is 32.1. The van der Waals surface area contributed by atoms with Crippen molar-refractivity contribution in [2.24, 2.45) is 13.0 Å². The molecule has 1 heterocycles. The zero-order valence-corrected chi connectivity index (χ0v) is 12.0. The van der Waals surface area contributed by atoms with Gasteiger partial charge in [0.1, 0.15) is 11.9 Å². The van der Waals surface area contributed by atoms with Gasteiger partial charge in [-0.15, -0.1) is 0 Å². The molecule has 0 bridgehead atoms. The summed E-state index contributed by atoms with van der Waals surface area (Å²) in [4.78, 5) is 25.4. The average molecular weight is 300 g/mol. The second-order valence-corrected chi connectivity index (χ2v) is 4.95. The monoisotopic (exact) mass is 300 g/mol. The lowest BCUT2D eigenvalue weighted by molar-refractivity contribution is 0.0460. The van der Waals surface area contributed by atoms with E-state index in [2.05, 4.69) is 17.9 Å². The van der Waals surface area contributed by atoms with Crippen LogP contribution >= 0.6 is 12.9 Å². The second-order valence-electron chi connectivity index (χ2n) is 4.69. The van der Waals surface area contributed by atoms with E-state index in [0.29, 0.717) is 12.0 Å². The molecule has 0 saturated heterocycles. The summed E-state index contributed by atoms with van der Waals surface area (Å²) in [5, 5.41) is 10.2. The molecule has 7 nitrogen and oxygen atoms in total. The van der Waals surface area contributed by atoms with Gasteiger partial charge in [-0.3, -0.25) is 9.78 Å². The maximum absolute atomic E-state index is 11.9. The highest BCUT2D eigenvalue weighted by Crippen LogP contribution is 2.37. The number of aromatic amines is 1. The molecule has 0 aromatic carbocycles. The summed E-state index contributed by atoms with van der Waals surface area (Å²) >= 11 is 3.70. The Morgan fingerprint density at radius 3 is 2.85 bits per heavy atom. The minimum atomic E-state index is -0.547.